The van der Waals surface area contributed by atoms with E-state index in [0.717, 1.165) is 0 Å². The van der Waals surface area contributed by atoms with Crippen LogP contribution < -0.4 is 5.32 Å². The average molecular weight is 185 g/mol. The van der Waals surface area contributed by atoms with Gasteiger partial charge in [-0.1, -0.05) is 6.92 Å². The summed E-state index contributed by atoms with van der Waals surface area (Å²) in [7, 11) is 0. The molecule has 0 saturated carbocycles. The molecule has 2 saturated heterocycles. The third-order valence-corrected chi connectivity index (χ3v) is 3.08. The summed E-state index contributed by atoms with van der Waals surface area (Å²) in [5.41, 5.74) is -0.117. The van der Waals surface area contributed by atoms with E-state index in [-0.39, 0.29) is 17.2 Å². The Morgan fingerprint density at radius 2 is 2.00 bits per heavy atom. The van der Waals surface area contributed by atoms with E-state index < -0.39 is 0 Å². The van der Waals surface area contributed by atoms with Crippen molar-refractivity contribution in [2.75, 3.05) is 33.0 Å². The Morgan fingerprint density at radius 3 is 2.46 bits per heavy atom. The summed E-state index contributed by atoms with van der Waals surface area (Å²) in [5.74, 6) is 0.125. The Balaban J connectivity index is 2.13. The monoisotopic (exact) mass is 185 g/mol. The van der Waals surface area contributed by atoms with Crippen LogP contribution in [-0.4, -0.2) is 38.9 Å². The normalized spacial score (nSPS) is 33.0. The van der Waals surface area contributed by atoms with E-state index in [2.05, 4.69) is 5.32 Å². The molecule has 74 valence electrons. The van der Waals surface area contributed by atoms with E-state index in [1.165, 1.54) is 0 Å². The van der Waals surface area contributed by atoms with Gasteiger partial charge in [0.05, 0.1) is 26.4 Å². The van der Waals surface area contributed by atoms with Crippen molar-refractivity contribution in [1.82, 2.24) is 5.32 Å². The van der Waals surface area contributed by atoms with E-state index in [9.17, 15) is 4.79 Å². The van der Waals surface area contributed by atoms with Gasteiger partial charge in [0.1, 0.15) is 0 Å². The zero-order valence-corrected chi connectivity index (χ0v) is 7.84. The van der Waals surface area contributed by atoms with Crippen LogP contribution in [0.5, 0.6) is 0 Å². The van der Waals surface area contributed by atoms with Gasteiger partial charge in [-0.25, -0.2) is 0 Å². The Morgan fingerprint density at radius 1 is 1.38 bits per heavy atom. The van der Waals surface area contributed by atoms with Crippen molar-refractivity contribution < 1.29 is 14.3 Å². The minimum absolute atomic E-state index is 0.00519. The van der Waals surface area contributed by atoms with Crippen LogP contribution in [0.25, 0.3) is 0 Å². The van der Waals surface area contributed by atoms with E-state index in [1.54, 1.807) is 0 Å². The van der Waals surface area contributed by atoms with Crippen molar-refractivity contribution in [2.45, 2.75) is 6.92 Å². The minimum Gasteiger partial charge on any atom is -0.378 e. The molecule has 1 spiro atoms. The van der Waals surface area contributed by atoms with Gasteiger partial charge in [-0.05, 0) is 0 Å². The summed E-state index contributed by atoms with van der Waals surface area (Å²) in [6.45, 7) is 5.18. The molecular formula is C9H15NO3. The summed E-state index contributed by atoms with van der Waals surface area (Å²) in [6.07, 6.45) is 0. The molecule has 4 nitrogen and oxygen atoms in total. The quantitative estimate of drug-likeness (QED) is 0.568. The molecule has 2 aliphatic heterocycles. The zero-order valence-electron chi connectivity index (χ0n) is 7.84. The largest absolute Gasteiger partial charge is 0.378 e. The smallest absolute Gasteiger partial charge is 0.223 e. The van der Waals surface area contributed by atoms with Gasteiger partial charge in [0.2, 0.25) is 5.91 Å². The topological polar surface area (TPSA) is 47.6 Å². The summed E-state index contributed by atoms with van der Waals surface area (Å²) in [4.78, 5) is 11.3. The summed E-state index contributed by atoms with van der Waals surface area (Å²) >= 11 is 0. The Bertz CT molecular complexity index is 209. The lowest BCUT2D eigenvalue weighted by Gasteiger charge is -2.27. The molecule has 1 unspecified atom stereocenters. The molecule has 0 aromatic carbocycles. The number of amides is 1. The Kier molecular flexibility index (Phi) is 2.26. The van der Waals surface area contributed by atoms with E-state index in [1.807, 2.05) is 6.92 Å². The lowest BCUT2D eigenvalue weighted by Crippen LogP contribution is -2.37. The number of carbonyl (C=O) groups excluding carboxylic acids is 1. The molecule has 1 N–H and O–H groups in total. The zero-order chi connectivity index (χ0) is 9.31. The number of hydrogen-bond donors (Lipinski definition) is 1. The van der Waals surface area contributed by atoms with E-state index in [0.29, 0.717) is 33.0 Å². The first-order valence-corrected chi connectivity index (χ1v) is 4.68. The standard InChI is InChI=1S/C9H15NO3/c1-7-8(11)10-4-9(7)5-12-2-3-13-6-9/h7H,2-6H2,1H3,(H,10,11). The van der Waals surface area contributed by atoms with Crippen molar-refractivity contribution in [2.24, 2.45) is 11.3 Å². The van der Waals surface area contributed by atoms with Crippen molar-refractivity contribution >= 4 is 5.91 Å². The lowest BCUT2D eigenvalue weighted by atomic mass is 9.80. The van der Waals surface area contributed by atoms with Gasteiger partial charge in [0.15, 0.2) is 0 Å². The van der Waals surface area contributed by atoms with Crippen LogP contribution >= 0.6 is 0 Å². The van der Waals surface area contributed by atoms with Crippen LogP contribution in [0.2, 0.25) is 0 Å². The van der Waals surface area contributed by atoms with Crippen LogP contribution in [-0.2, 0) is 14.3 Å². The molecule has 1 atom stereocenters. The molecule has 0 aromatic heterocycles. The summed E-state index contributed by atoms with van der Waals surface area (Å²) in [5, 5.41) is 2.86. The second kappa shape index (κ2) is 3.27. The number of rotatable bonds is 0. The predicted molar refractivity (Wildman–Crippen MR) is 46.2 cm³/mol. The molecule has 0 aliphatic carbocycles. The molecule has 2 rings (SSSR count). The van der Waals surface area contributed by atoms with Gasteiger partial charge in [0, 0.05) is 17.9 Å². The van der Waals surface area contributed by atoms with Crippen LogP contribution in [0.4, 0.5) is 0 Å². The molecule has 2 fully saturated rings. The first-order chi connectivity index (χ1) is 6.25. The molecule has 0 radical (unpaired) electrons. The fraction of sp³-hybridized carbons (Fsp3) is 0.889. The highest BCUT2D eigenvalue weighted by molar-refractivity contribution is 5.81. The van der Waals surface area contributed by atoms with E-state index in [4.69, 9.17) is 9.47 Å². The molecule has 13 heavy (non-hydrogen) atoms. The molecule has 2 heterocycles. The summed E-state index contributed by atoms with van der Waals surface area (Å²) in [6, 6.07) is 0. The van der Waals surface area contributed by atoms with Gasteiger partial charge in [-0.3, -0.25) is 4.79 Å². The predicted octanol–water partition coefficient (Wildman–Crippen LogP) is -0.215. The fourth-order valence-corrected chi connectivity index (χ4v) is 1.91. The van der Waals surface area contributed by atoms with Crippen molar-refractivity contribution in [3.05, 3.63) is 0 Å². The van der Waals surface area contributed by atoms with Crippen molar-refractivity contribution in [1.29, 1.82) is 0 Å². The van der Waals surface area contributed by atoms with Gasteiger partial charge in [-0.2, -0.15) is 0 Å². The van der Waals surface area contributed by atoms with Crippen molar-refractivity contribution in [3.8, 4) is 0 Å². The number of carbonyl (C=O) groups is 1. The lowest BCUT2D eigenvalue weighted by molar-refractivity contribution is -0.124. The summed E-state index contributed by atoms with van der Waals surface area (Å²) < 4.78 is 10.9. The van der Waals surface area contributed by atoms with Crippen LogP contribution in [0.3, 0.4) is 0 Å². The molecule has 0 bridgehead atoms. The molecular weight excluding hydrogens is 170 g/mol. The average Bonchev–Trinajstić information content (AvgIpc) is 2.38. The molecule has 1 amide bonds. The molecule has 4 heteroatoms. The maximum atomic E-state index is 11.3. The second-order valence-electron chi connectivity index (χ2n) is 3.91. The highest BCUT2D eigenvalue weighted by Crippen LogP contribution is 2.33. The molecule has 0 aromatic rings. The third kappa shape index (κ3) is 1.44. The van der Waals surface area contributed by atoms with Crippen molar-refractivity contribution in [3.63, 3.8) is 0 Å². The highest BCUT2D eigenvalue weighted by atomic mass is 16.5. The van der Waals surface area contributed by atoms with Gasteiger partial charge >= 0.3 is 0 Å². The number of nitrogens with one attached hydrogen (secondary N) is 1. The van der Waals surface area contributed by atoms with Crippen LogP contribution in [0, 0.1) is 11.3 Å². The van der Waals surface area contributed by atoms with Gasteiger partial charge in [0.25, 0.3) is 0 Å². The van der Waals surface area contributed by atoms with Crippen LogP contribution in [0.1, 0.15) is 6.92 Å². The number of hydrogen-bond acceptors (Lipinski definition) is 3. The maximum Gasteiger partial charge on any atom is 0.223 e. The maximum absolute atomic E-state index is 11.3. The Hall–Kier alpha value is -0.610. The second-order valence-corrected chi connectivity index (χ2v) is 3.91. The number of ether oxygens (including phenoxy) is 2. The highest BCUT2D eigenvalue weighted by Gasteiger charge is 2.46. The molecule has 2 aliphatic rings. The van der Waals surface area contributed by atoms with Gasteiger partial charge < -0.3 is 14.8 Å². The SMILES string of the molecule is CC1C(=O)NCC12COCCOC2. The minimum atomic E-state index is -0.117. The third-order valence-electron chi connectivity index (χ3n) is 3.08. The van der Waals surface area contributed by atoms with Gasteiger partial charge in [-0.15, -0.1) is 0 Å². The Labute approximate surface area is 77.6 Å². The van der Waals surface area contributed by atoms with E-state index >= 15 is 0 Å². The first-order valence-electron chi connectivity index (χ1n) is 4.68. The fourth-order valence-electron chi connectivity index (χ4n) is 1.91. The van der Waals surface area contributed by atoms with Crippen LogP contribution in [0.15, 0.2) is 0 Å². The first kappa shape index (κ1) is 8.97.